The maximum absolute atomic E-state index is 13.3. The van der Waals surface area contributed by atoms with Gasteiger partial charge in [0.05, 0.1) is 25.8 Å². The summed E-state index contributed by atoms with van der Waals surface area (Å²) in [5.41, 5.74) is 0.659. The summed E-state index contributed by atoms with van der Waals surface area (Å²) in [5.74, 6) is 0.0202. The lowest BCUT2D eigenvalue weighted by atomic mass is 9.99. The molecule has 2 aromatic carbocycles. The van der Waals surface area contributed by atoms with Gasteiger partial charge in [-0.2, -0.15) is 4.31 Å². The Morgan fingerprint density at radius 3 is 2.62 bits per heavy atom. The molecule has 0 saturated carbocycles. The lowest BCUT2D eigenvalue weighted by Crippen LogP contribution is -2.43. The largest absolute Gasteiger partial charge is 0.497 e. The fourth-order valence-corrected chi connectivity index (χ4v) is 5.38. The van der Waals surface area contributed by atoms with Crippen molar-refractivity contribution in [2.24, 2.45) is 5.92 Å². The summed E-state index contributed by atoms with van der Waals surface area (Å²) in [6.45, 7) is 0.459. The highest BCUT2D eigenvalue weighted by Crippen LogP contribution is 2.33. The Hall–Kier alpha value is -2.10. The van der Waals surface area contributed by atoms with Crippen molar-refractivity contribution in [3.05, 3.63) is 46.9 Å². The zero-order valence-electron chi connectivity index (χ0n) is 16.2. The van der Waals surface area contributed by atoms with Gasteiger partial charge < -0.3 is 14.8 Å². The first-order valence-corrected chi connectivity index (χ1v) is 11.4. The predicted molar refractivity (Wildman–Crippen MR) is 114 cm³/mol. The van der Waals surface area contributed by atoms with E-state index in [0.717, 1.165) is 4.47 Å². The minimum Gasteiger partial charge on any atom is -0.497 e. The van der Waals surface area contributed by atoms with E-state index in [-0.39, 0.29) is 23.1 Å². The van der Waals surface area contributed by atoms with E-state index < -0.39 is 15.9 Å². The molecule has 1 fully saturated rings. The molecule has 7 nitrogen and oxygen atoms in total. The smallest absolute Gasteiger partial charge is 0.246 e. The summed E-state index contributed by atoms with van der Waals surface area (Å²) in [6.07, 6.45) is 1.22. The van der Waals surface area contributed by atoms with Crippen LogP contribution < -0.4 is 14.8 Å². The van der Waals surface area contributed by atoms with Gasteiger partial charge in [-0.25, -0.2) is 8.42 Å². The summed E-state index contributed by atoms with van der Waals surface area (Å²) < 4.78 is 39.1. The first-order valence-electron chi connectivity index (χ1n) is 9.14. The monoisotopic (exact) mass is 482 g/mol. The number of carbonyl (C=O) groups excluding carboxylic acids is 1. The van der Waals surface area contributed by atoms with Crippen molar-refractivity contribution in [3.63, 3.8) is 0 Å². The number of methoxy groups -OCH3 is 2. The SMILES string of the molecule is COc1ccc(OC)c(S(=O)(=O)N2CCC[C@@H](C(=O)Nc3ccccc3Br)C2)c1. The van der Waals surface area contributed by atoms with Crippen LogP contribution in [0.25, 0.3) is 0 Å². The number of para-hydroxylation sites is 1. The van der Waals surface area contributed by atoms with Crippen molar-refractivity contribution in [1.82, 2.24) is 4.31 Å². The molecule has 0 aliphatic carbocycles. The van der Waals surface area contributed by atoms with Crippen LogP contribution in [0.3, 0.4) is 0 Å². The average molecular weight is 483 g/mol. The Kier molecular flexibility index (Phi) is 6.81. The van der Waals surface area contributed by atoms with Gasteiger partial charge in [-0.05, 0) is 53.0 Å². The lowest BCUT2D eigenvalue weighted by Gasteiger charge is -2.31. The fraction of sp³-hybridized carbons (Fsp3) is 0.350. The molecule has 0 bridgehead atoms. The van der Waals surface area contributed by atoms with E-state index >= 15 is 0 Å². The number of hydrogen-bond donors (Lipinski definition) is 1. The number of benzene rings is 2. The van der Waals surface area contributed by atoms with E-state index in [2.05, 4.69) is 21.2 Å². The Morgan fingerprint density at radius 1 is 1.17 bits per heavy atom. The van der Waals surface area contributed by atoms with Gasteiger partial charge in [-0.15, -0.1) is 0 Å². The van der Waals surface area contributed by atoms with E-state index in [1.165, 1.54) is 24.6 Å². The van der Waals surface area contributed by atoms with Gasteiger partial charge in [0, 0.05) is 23.6 Å². The number of nitrogens with one attached hydrogen (secondary N) is 1. The average Bonchev–Trinajstić information content (AvgIpc) is 2.74. The predicted octanol–water partition coefficient (Wildman–Crippen LogP) is 3.51. The van der Waals surface area contributed by atoms with Gasteiger partial charge in [0.25, 0.3) is 0 Å². The number of sulfonamides is 1. The topological polar surface area (TPSA) is 84.9 Å². The highest BCUT2D eigenvalue weighted by Gasteiger charge is 2.35. The van der Waals surface area contributed by atoms with E-state index in [1.54, 1.807) is 18.2 Å². The van der Waals surface area contributed by atoms with Gasteiger partial charge in [0.15, 0.2) is 0 Å². The number of amides is 1. The van der Waals surface area contributed by atoms with E-state index in [9.17, 15) is 13.2 Å². The molecular formula is C20H23BrN2O5S. The maximum Gasteiger partial charge on any atom is 0.246 e. The second-order valence-electron chi connectivity index (χ2n) is 6.69. The second kappa shape index (κ2) is 9.15. The number of carbonyl (C=O) groups is 1. The molecule has 3 rings (SSSR count). The number of hydrogen-bond acceptors (Lipinski definition) is 5. The number of rotatable bonds is 6. The van der Waals surface area contributed by atoms with Crippen LogP contribution in [0.15, 0.2) is 51.8 Å². The van der Waals surface area contributed by atoms with E-state index in [1.807, 2.05) is 18.2 Å². The van der Waals surface area contributed by atoms with Crippen molar-refractivity contribution in [2.75, 3.05) is 32.6 Å². The van der Waals surface area contributed by atoms with Crippen LogP contribution in [0, 0.1) is 5.92 Å². The first kappa shape index (κ1) is 21.6. The van der Waals surface area contributed by atoms with Gasteiger partial charge in [-0.3, -0.25) is 4.79 Å². The number of ether oxygens (including phenoxy) is 2. The van der Waals surface area contributed by atoms with Gasteiger partial charge in [0.1, 0.15) is 16.4 Å². The molecule has 1 saturated heterocycles. The molecule has 0 spiro atoms. The van der Waals surface area contributed by atoms with Crippen LogP contribution in [0.4, 0.5) is 5.69 Å². The molecule has 0 radical (unpaired) electrons. The Labute approximate surface area is 179 Å². The molecule has 1 heterocycles. The quantitative estimate of drug-likeness (QED) is 0.680. The normalized spacial score (nSPS) is 17.6. The number of anilines is 1. The molecule has 2 aromatic rings. The number of halogens is 1. The van der Waals surface area contributed by atoms with Crippen molar-refractivity contribution < 1.29 is 22.7 Å². The number of nitrogens with zero attached hydrogens (tertiary/aromatic N) is 1. The van der Waals surface area contributed by atoms with Crippen LogP contribution in [0.2, 0.25) is 0 Å². The van der Waals surface area contributed by atoms with Crippen LogP contribution in [0.1, 0.15) is 12.8 Å². The minimum absolute atomic E-state index is 0.0335. The summed E-state index contributed by atoms with van der Waals surface area (Å²) in [7, 11) is -0.951. The molecule has 29 heavy (non-hydrogen) atoms. The fourth-order valence-electron chi connectivity index (χ4n) is 3.30. The number of piperidine rings is 1. The van der Waals surface area contributed by atoms with Crippen LogP contribution in [0.5, 0.6) is 11.5 Å². The summed E-state index contributed by atoms with van der Waals surface area (Å²) in [6, 6.07) is 12.0. The molecular weight excluding hydrogens is 460 g/mol. The summed E-state index contributed by atoms with van der Waals surface area (Å²) in [4.78, 5) is 12.8. The van der Waals surface area contributed by atoms with E-state index in [4.69, 9.17) is 9.47 Å². The standard InChI is InChI=1S/C20H23BrN2O5S/c1-27-15-9-10-18(28-2)19(12-15)29(25,26)23-11-5-6-14(13-23)20(24)22-17-8-4-3-7-16(17)21/h3-4,7-10,12,14H,5-6,11,13H2,1-2H3,(H,22,24)/t14-/m1/s1. The van der Waals surface area contributed by atoms with Crippen molar-refractivity contribution in [3.8, 4) is 11.5 Å². The third kappa shape index (κ3) is 4.73. The van der Waals surface area contributed by atoms with E-state index in [0.29, 0.717) is 30.8 Å². The van der Waals surface area contributed by atoms with Gasteiger partial charge in [-0.1, -0.05) is 12.1 Å². The highest BCUT2D eigenvalue weighted by molar-refractivity contribution is 9.10. The maximum atomic E-state index is 13.3. The third-order valence-corrected chi connectivity index (χ3v) is 7.45. The summed E-state index contributed by atoms with van der Waals surface area (Å²) >= 11 is 3.41. The van der Waals surface area contributed by atoms with Crippen LogP contribution in [-0.4, -0.2) is 45.9 Å². The lowest BCUT2D eigenvalue weighted by molar-refractivity contribution is -0.120. The second-order valence-corrected chi connectivity index (χ2v) is 9.45. The van der Waals surface area contributed by atoms with Gasteiger partial charge in [0.2, 0.25) is 15.9 Å². The van der Waals surface area contributed by atoms with Crippen molar-refractivity contribution >= 4 is 37.5 Å². The Morgan fingerprint density at radius 2 is 1.93 bits per heavy atom. The summed E-state index contributed by atoms with van der Waals surface area (Å²) in [5, 5.41) is 2.88. The third-order valence-electron chi connectivity index (χ3n) is 4.88. The molecule has 0 unspecified atom stereocenters. The molecule has 1 atom stereocenters. The zero-order chi connectivity index (χ0) is 21.0. The zero-order valence-corrected chi connectivity index (χ0v) is 18.6. The first-order chi connectivity index (χ1) is 13.9. The molecule has 9 heteroatoms. The molecule has 1 amide bonds. The molecule has 0 aromatic heterocycles. The molecule has 1 aliphatic rings. The van der Waals surface area contributed by atoms with Crippen molar-refractivity contribution in [2.45, 2.75) is 17.7 Å². The van der Waals surface area contributed by atoms with Gasteiger partial charge >= 0.3 is 0 Å². The van der Waals surface area contributed by atoms with Crippen LogP contribution in [-0.2, 0) is 14.8 Å². The van der Waals surface area contributed by atoms with Crippen LogP contribution >= 0.6 is 15.9 Å². The molecule has 156 valence electrons. The minimum atomic E-state index is -3.85. The molecule has 1 N–H and O–H groups in total. The van der Waals surface area contributed by atoms with Crippen molar-refractivity contribution in [1.29, 1.82) is 0 Å². The molecule has 1 aliphatic heterocycles. The Balaban J connectivity index is 1.81. The Bertz CT molecular complexity index is 996. The highest BCUT2D eigenvalue weighted by atomic mass is 79.9.